The van der Waals surface area contributed by atoms with Gasteiger partial charge in [0, 0.05) is 25.6 Å². The molecule has 6 heteroatoms. The van der Waals surface area contributed by atoms with Gasteiger partial charge in [0.15, 0.2) is 0 Å². The molecule has 0 aromatic carbocycles. The first kappa shape index (κ1) is 14.0. The number of amides is 1. The van der Waals surface area contributed by atoms with Crippen LogP contribution in [0.15, 0.2) is 0 Å². The summed E-state index contributed by atoms with van der Waals surface area (Å²) in [6.07, 6.45) is 3.18. The van der Waals surface area contributed by atoms with E-state index in [1.807, 2.05) is 6.92 Å². The number of carbonyl (C=O) groups is 1. The number of nitrogens with zero attached hydrogens (tertiary/aromatic N) is 3. The number of rotatable bonds is 7. The van der Waals surface area contributed by atoms with Crippen molar-refractivity contribution >= 4 is 5.91 Å². The van der Waals surface area contributed by atoms with Crippen LogP contribution >= 0.6 is 0 Å². The number of carbonyl (C=O) groups excluding carboxylic acids is 1. The molecule has 1 aromatic rings. The van der Waals surface area contributed by atoms with Gasteiger partial charge in [-0.25, -0.2) is 4.98 Å². The zero-order valence-corrected chi connectivity index (χ0v) is 11.8. The van der Waals surface area contributed by atoms with Gasteiger partial charge < -0.3 is 9.64 Å². The van der Waals surface area contributed by atoms with Gasteiger partial charge in [0.2, 0.25) is 5.82 Å². The van der Waals surface area contributed by atoms with Crippen LogP contribution in [-0.4, -0.2) is 52.3 Å². The van der Waals surface area contributed by atoms with Crippen LogP contribution in [0.1, 0.15) is 55.5 Å². The Bertz CT molecular complexity index is 428. The van der Waals surface area contributed by atoms with Gasteiger partial charge in [-0.2, -0.15) is 0 Å². The van der Waals surface area contributed by atoms with E-state index in [9.17, 15) is 4.79 Å². The Morgan fingerprint density at radius 2 is 2.32 bits per heavy atom. The van der Waals surface area contributed by atoms with Gasteiger partial charge in [-0.05, 0) is 26.2 Å². The van der Waals surface area contributed by atoms with Crippen molar-refractivity contribution < 1.29 is 9.53 Å². The summed E-state index contributed by atoms with van der Waals surface area (Å²) in [6, 6.07) is 0.158. The van der Waals surface area contributed by atoms with Gasteiger partial charge in [0.25, 0.3) is 5.91 Å². The summed E-state index contributed by atoms with van der Waals surface area (Å²) in [5.41, 5.74) is 0. The molecule has 6 nitrogen and oxygen atoms in total. The first-order valence-corrected chi connectivity index (χ1v) is 6.89. The van der Waals surface area contributed by atoms with Crippen LogP contribution in [0.5, 0.6) is 0 Å². The molecule has 0 saturated heterocycles. The van der Waals surface area contributed by atoms with Crippen LogP contribution in [0.3, 0.4) is 0 Å². The minimum absolute atomic E-state index is 0.116. The number of ether oxygens (including phenoxy) is 1. The molecule has 106 valence electrons. The molecule has 0 radical (unpaired) electrons. The molecule has 1 N–H and O–H groups in total. The second kappa shape index (κ2) is 6.14. The maximum absolute atomic E-state index is 12.4. The molecule has 0 spiro atoms. The molecule has 1 atom stereocenters. The third kappa shape index (κ3) is 3.32. The number of aromatic amines is 1. The molecule has 2 rings (SSSR count). The monoisotopic (exact) mass is 266 g/mol. The van der Waals surface area contributed by atoms with Gasteiger partial charge >= 0.3 is 0 Å². The fraction of sp³-hybridized carbons (Fsp3) is 0.769. The number of hydrogen-bond acceptors (Lipinski definition) is 4. The first-order valence-electron chi connectivity index (χ1n) is 6.89. The summed E-state index contributed by atoms with van der Waals surface area (Å²) in [6.45, 7) is 5.18. The molecule has 1 fully saturated rings. The number of H-pyrrole nitrogens is 1. The van der Waals surface area contributed by atoms with Gasteiger partial charge in [-0.15, -0.1) is 5.10 Å². The van der Waals surface area contributed by atoms with E-state index in [0.29, 0.717) is 19.1 Å². The fourth-order valence-electron chi connectivity index (χ4n) is 1.97. The van der Waals surface area contributed by atoms with E-state index in [1.54, 1.807) is 12.0 Å². The van der Waals surface area contributed by atoms with E-state index in [-0.39, 0.29) is 17.8 Å². The van der Waals surface area contributed by atoms with E-state index in [0.717, 1.165) is 25.1 Å². The molecule has 1 unspecified atom stereocenters. The molecule has 1 aliphatic carbocycles. The average molecular weight is 266 g/mol. The summed E-state index contributed by atoms with van der Waals surface area (Å²) in [5, 5.41) is 6.93. The van der Waals surface area contributed by atoms with Crippen LogP contribution in [0.25, 0.3) is 0 Å². The fourth-order valence-corrected chi connectivity index (χ4v) is 1.97. The molecule has 19 heavy (non-hydrogen) atoms. The van der Waals surface area contributed by atoms with Crippen molar-refractivity contribution in [1.29, 1.82) is 0 Å². The summed E-state index contributed by atoms with van der Waals surface area (Å²) in [5.74, 6) is 1.48. The normalized spacial score (nSPS) is 16.4. The smallest absolute Gasteiger partial charge is 0.293 e. The standard InChI is InChI=1S/C13H22N4O2/c1-4-9(2)17(7-8-19-3)13(18)12-14-11(15-16-12)10-5-6-10/h9-10H,4-8H2,1-3H3,(H,14,15,16). The highest BCUT2D eigenvalue weighted by atomic mass is 16.5. The van der Waals surface area contributed by atoms with Crippen molar-refractivity contribution in [1.82, 2.24) is 20.1 Å². The molecular formula is C13H22N4O2. The van der Waals surface area contributed by atoms with Crippen molar-refractivity contribution in [3.05, 3.63) is 11.6 Å². The Labute approximate surface area is 113 Å². The quantitative estimate of drug-likeness (QED) is 0.813. The summed E-state index contributed by atoms with van der Waals surface area (Å²) in [7, 11) is 1.64. The lowest BCUT2D eigenvalue weighted by Crippen LogP contribution is -2.41. The Kier molecular flexibility index (Phi) is 4.52. The second-order valence-electron chi connectivity index (χ2n) is 5.07. The maximum atomic E-state index is 12.4. The average Bonchev–Trinajstić information content (AvgIpc) is 3.16. The van der Waals surface area contributed by atoms with Crippen molar-refractivity contribution in [3.8, 4) is 0 Å². The van der Waals surface area contributed by atoms with Crippen LogP contribution < -0.4 is 0 Å². The summed E-state index contributed by atoms with van der Waals surface area (Å²) < 4.78 is 5.06. The largest absolute Gasteiger partial charge is 0.383 e. The van der Waals surface area contributed by atoms with Gasteiger partial charge in [-0.3, -0.25) is 9.89 Å². The summed E-state index contributed by atoms with van der Waals surface area (Å²) in [4.78, 5) is 18.5. The van der Waals surface area contributed by atoms with Gasteiger partial charge in [0.1, 0.15) is 5.82 Å². The van der Waals surface area contributed by atoms with Gasteiger partial charge in [-0.1, -0.05) is 6.92 Å². The molecule has 1 heterocycles. The van der Waals surface area contributed by atoms with Crippen LogP contribution in [-0.2, 0) is 4.74 Å². The number of nitrogens with one attached hydrogen (secondary N) is 1. The Hall–Kier alpha value is -1.43. The van der Waals surface area contributed by atoms with E-state index in [1.165, 1.54) is 0 Å². The zero-order valence-electron chi connectivity index (χ0n) is 11.8. The third-order valence-corrected chi connectivity index (χ3v) is 3.58. The number of methoxy groups -OCH3 is 1. The lowest BCUT2D eigenvalue weighted by Gasteiger charge is -2.27. The van der Waals surface area contributed by atoms with Crippen LogP contribution in [0.4, 0.5) is 0 Å². The van der Waals surface area contributed by atoms with E-state index in [4.69, 9.17) is 4.74 Å². The molecular weight excluding hydrogens is 244 g/mol. The Morgan fingerprint density at radius 1 is 1.58 bits per heavy atom. The number of aromatic nitrogens is 3. The first-order chi connectivity index (χ1) is 9.17. The molecule has 0 aliphatic heterocycles. The minimum atomic E-state index is -0.116. The van der Waals surface area contributed by atoms with Crippen molar-refractivity contribution in [2.75, 3.05) is 20.3 Å². The van der Waals surface area contributed by atoms with Crippen molar-refractivity contribution in [2.24, 2.45) is 0 Å². The number of hydrogen-bond donors (Lipinski definition) is 1. The maximum Gasteiger partial charge on any atom is 0.293 e. The lowest BCUT2D eigenvalue weighted by atomic mass is 10.2. The molecule has 1 aliphatic rings. The minimum Gasteiger partial charge on any atom is -0.383 e. The highest BCUT2D eigenvalue weighted by Gasteiger charge is 2.30. The molecule has 1 amide bonds. The molecule has 0 bridgehead atoms. The van der Waals surface area contributed by atoms with Crippen LogP contribution in [0, 0.1) is 0 Å². The van der Waals surface area contributed by atoms with Gasteiger partial charge in [0.05, 0.1) is 6.61 Å². The van der Waals surface area contributed by atoms with Crippen molar-refractivity contribution in [3.63, 3.8) is 0 Å². The third-order valence-electron chi connectivity index (χ3n) is 3.58. The topological polar surface area (TPSA) is 71.1 Å². The lowest BCUT2D eigenvalue weighted by molar-refractivity contribution is 0.0602. The van der Waals surface area contributed by atoms with Crippen LogP contribution in [0.2, 0.25) is 0 Å². The highest BCUT2D eigenvalue weighted by molar-refractivity contribution is 5.90. The molecule has 1 saturated carbocycles. The predicted octanol–water partition coefficient (Wildman–Crippen LogP) is 1.57. The Morgan fingerprint density at radius 3 is 2.89 bits per heavy atom. The predicted molar refractivity (Wildman–Crippen MR) is 71.0 cm³/mol. The van der Waals surface area contributed by atoms with E-state index >= 15 is 0 Å². The SMILES string of the molecule is CCC(C)N(CCOC)C(=O)c1n[nH]c(C2CC2)n1. The zero-order chi connectivity index (χ0) is 13.8. The Balaban J connectivity index is 2.07. The second-order valence-corrected chi connectivity index (χ2v) is 5.07. The molecule has 1 aromatic heterocycles. The van der Waals surface area contributed by atoms with E-state index in [2.05, 4.69) is 22.1 Å². The van der Waals surface area contributed by atoms with Crippen molar-refractivity contribution in [2.45, 2.75) is 45.1 Å². The van der Waals surface area contributed by atoms with E-state index < -0.39 is 0 Å². The summed E-state index contributed by atoms with van der Waals surface area (Å²) >= 11 is 0. The highest BCUT2D eigenvalue weighted by Crippen LogP contribution is 2.37.